The minimum absolute atomic E-state index is 0.0537. The summed E-state index contributed by atoms with van der Waals surface area (Å²) in [5, 5.41) is 8.62. The van der Waals surface area contributed by atoms with E-state index in [1.54, 1.807) is 0 Å². The second kappa shape index (κ2) is 15.3. The van der Waals surface area contributed by atoms with E-state index in [1.165, 1.54) is 4.90 Å². The number of likely N-dealkylation sites (tertiary alicyclic amines) is 1. The molecule has 1 aliphatic heterocycles. The lowest BCUT2D eigenvalue weighted by Crippen LogP contribution is -2.38. The van der Waals surface area contributed by atoms with Crippen LogP contribution in [0.25, 0.3) is 0 Å². The lowest BCUT2D eigenvalue weighted by Gasteiger charge is -2.28. The molecular formula is C26H48N4O6. The number of carbonyl (C=O) groups is 4. The van der Waals surface area contributed by atoms with Crippen molar-refractivity contribution in [3.05, 3.63) is 0 Å². The Morgan fingerprint density at radius 3 is 1.94 bits per heavy atom. The van der Waals surface area contributed by atoms with Gasteiger partial charge in [-0.15, -0.1) is 0 Å². The van der Waals surface area contributed by atoms with Gasteiger partial charge in [0, 0.05) is 44.8 Å². The third-order valence-corrected chi connectivity index (χ3v) is 6.42. The fourth-order valence-corrected chi connectivity index (χ4v) is 3.88. The zero-order valence-corrected chi connectivity index (χ0v) is 23.3. The van der Waals surface area contributed by atoms with Crippen molar-refractivity contribution < 1.29 is 28.7 Å². The molecule has 36 heavy (non-hydrogen) atoms. The Bertz CT molecular complexity index is 738. The van der Waals surface area contributed by atoms with Gasteiger partial charge in [-0.2, -0.15) is 0 Å². The van der Waals surface area contributed by atoms with E-state index < -0.39 is 5.60 Å². The summed E-state index contributed by atoms with van der Waals surface area (Å²) < 4.78 is 11.8. The monoisotopic (exact) mass is 512 g/mol. The van der Waals surface area contributed by atoms with E-state index in [0.717, 1.165) is 13.0 Å². The number of nitrogens with one attached hydrogen (secondary N) is 3. The first-order valence-corrected chi connectivity index (χ1v) is 13.1. The summed E-state index contributed by atoms with van der Waals surface area (Å²) in [4.78, 5) is 49.7. The molecule has 1 fully saturated rings. The fraction of sp³-hybridized carbons (Fsp3) is 0.846. The quantitative estimate of drug-likeness (QED) is 0.188. The molecule has 4 amide bonds. The van der Waals surface area contributed by atoms with E-state index in [4.69, 9.17) is 9.47 Å². The molecule has 1 unspecified atom stereocenters. The van der Waals surface area contributed by atoms with E-state index in [2.05, 4.69) is 29.8 Å². The van der Waals surface area contributed by atoms with Crippen molar-refractivity contribution in [1.29, 1.82) is 0 Å². The predicted octanol–water partition coefficient (Wildman–Crippen LogP) is 1.62. The van der Waals surface area contributed by atoms with Crippen LogP contribution in [-0.2, 0) is 28.7 Å². The molecule has 10 heteroatoms. The van der Waals surface area contributed by atoms with Crippen LogP contribution in [0, 0.1) is 11.8 Å². The van der Waals surface area contributed by atoms with Crippen LogP contribution in [0.2, 0.25) is 0 Å². The van der Waals surface area contributed by atoms with E-state index in [1.807, 2.05) is 34.7 Å². The molecule has 0 radical (unpaired) electrons. The number of rotatable bonds is 18. The highest BCUT2D eigenvalue weighted by molar-refractivity contribution is 6.03. The van der Waals surface area contributed by atoms with Gasteiger partial charge in [0.05, 0.1) is 24.4 Å². The molecule has 208 valence electrons. The average Bonchev–Trinajstić information content (AvgIpc) is 3.09. The van der Waals surface area contributed by atoms with Gasteiger partial charge < -0.3 is 25.4 Å². The molecule has 1 heterocycles. The third-order valence-electron chi connectivity index (χ3n) is 6.42. The van der Waals surface area contributed by atoms with Crippen molar-refractivity contribution in [3.8, 4) is 0 Å². The van der Waals surface area contributed by atoms with Gasteiger partial charge in [0.2, 0.25) is 23.6 Å². The Kier molecular flexibility index (Phi) is 13.6. The van der Waals surface area contributed by atoms with Crippen molar-refractivity contribution in [3.63, 3.8) is 0 Å². The van der Waals surface area contributed by atoms with Gasteiger partial charge >= 0.3 is 0 Å². The molecule has 1 atom stereocenters. The normalized spacial score (nSPS) is 16.7. The van der Waals surface area contributed by atoms with Gasteiger partial charge in [-0.3, -0.25) is 24.1 Å². The van der Waals surface area contributed by atoms with Crippen LogP contribution in [0.1, 0.15) is 73.6 Å². The van der Waals surface area contributed by atoms with E-state index in [9.17, 15) is 19.2 Å². The highest BCUT2D eigenvalue weighted by atomic mass is 16.5. The van der Waals surface area contributed by atoms with Gasteiger partial charge in [0.15, 0.2) is 0 Å². The zero-order valence-electron chi connectivity index (χ0n) is 23.3. The summed E-state index contributed by atoms with van der Waals surface area (Å²) in [5.74, 6) is -0.975. The largest absolute Gasteiger partial charge is 0.373 e. The first-order chi connectivity index (χ1) is 16.8. The number of hydrogen-bond acceptors (Lipinski definition) is 7. The fourth-order valence-electron chi connectivity index (χ4n) is 3.88. The van der Waals surface area contributed by atoms with Crippen LogP contribution < -0.4 is 16.0 Å². The Balaban J connectivity index is 2.16. The van der Waals surface area contributed by atoms with Gasteiger partial charge in [0.1, 0.15) is 0 Å². The lowest BCUT2D eigenvalue weighted by molar-refractivity contribution is -0.140. The third kappa shape index (κ3) is 12.3. The summed E-state index contributed by atoms with van der Waals surface area (Å²) in [6.45, 7) is 14.3. The summed E-state index contributed by atoms with van der Waals surface area (Å²) in [6, 6.07) is 0. The summed E-state index contributed by atoms with van der Waals surface area (Å²) in [7, 11) is 1.92. The van der Waals surface area contributed by atoms with E-state index in [0.29, 0.717) is 32.6 Å². The van der Waals surface area contributed by atoms with Crippen LogP contribution in [-0.4, -0.2) is 86.2 Å². The molecule has 1 rings (SSSR count). The second-order valence-electron chi connectivity index (χ2n) is 11.0. The molecule has 0 aromatic rings. The van der Waals surface area contributed by atoms with E-state index >= 15 is 0 Å². The van der Waals surface area contributed by atoms with Crippen molar-refractivity contribution >= 4 is 23.6 Å². The SMILES string of the molecule is CNCCC(C)(C)OCCOC(C)(C)CCC(=O)NCCNC(=O)CCN1C(=O)CC(C(C)C)C1=O. The van der Waals surface area contributed by atoms with Crippen molar-refractivity contribution in [2.24, 2.45) is 11.8 Å². The maximum Gasteiger partial charge on any atom is 0.233 e. The minimum Gasteiger partial charge on any atom is -0.373 e. The maximum atomic E-state index is 12.3. The number of imide groups is 1. The molecule has 3 N–H and O–H groups in total. The molecule has 1 aliphatic rings. The van der Waals surface area contributed by atoms with Crippen molar-refractivity contribution in [2.45, 2.75) is 84.8 Å². The molecule has 0 bridgehead atoms. The average molecular weight is 513 g/mol. The van der Waals surface area contributed by atoms with E-state index in [-0.39, 0.29) is 67.0 Å². The molecular weight excluding hydrogens is 464 g/mol. The minimum atomic E-state index is -0.455. The Labute approximate surface area is 216 Å². The zero-order chi connectivity index (χ0) is 27.4. The number of nitrogens with zero attached hydrogens (tertiary/aromatic N) is 1. The Morgan fingerprint density at radius 1 is 0.917 bits per heavy atom. The molecule has 0 saturated carbocycles. The van der Waals surface area contributed by atoms with Crippen molar-refractivity contribution in [1.82, 2.24) is 20.9 Å². The molecule has 0 aliphatic carbocycles. The Morgan fingerprint density at radius 2 is 1.44 bits per heavy atom. The van der Waals surface area contributed by atoms with Crippen LogP contribution in [0.3, 0.4) is 0 Å². The summed E-state index contributed by atoms with van der Waals surface area (Å²) in [5.41, 5.74) is -0.672. The second-order valence-corrected chi connectivity index (χ2v) is 11.0. The molecule has 0 aromatic carbocycles. The van der Waals surface area contributed by atoms with Crippen molar-refractivity contribution in [2.75, 3.05) is 46.4 Å². The van der Waals surface area contributed by atoms with Gasteiger partial charge in [-0.1, -0.05) is 13.8 Å². The highest BCUT2D eigenvalue weighted by Gasteiger charge is 2.39. The summed E-state index contributed by atoms with van der Waals surface area (Å²) >= 11 is 0. The number of carbonyl (C=O) groups excluding carboxylic acids is 4. The molecule has 10 nitrogen and oxygen atoms in total. The lowest BCUT2D eigenvalue weighted by atomic mass is 9.94. The molecule has 0 spiro atoms. The standard InChI is InChI=1S/C26H48N4O6/c1-19(2)20-18-23(33)30(24(20)34)15-9-22(32)29-14-13-28-21(31)8-10-25(3,4)35-16-17-36-26(5,6)11-12-27-7/h19-20,27H,8-18H2,1-7H3,(H,28,31)(H,29,32). The van der Waals surface area contributed by atoms with Gasteiger partial charge in [-0.05, 0) is 60.0 Å². The highest BCUT2D eigenvalue weighted by Crippen LogP contribution is 2.26. The van der Waals surface area contributed by atoms with Gasteiger partial charge in [0.25, 0.3) is 0 Å². The number of hydrogen-bond donors (Lipinski definition) is 3. The van der Waals surface area contributed by atoms with Crippen LogP contribution in [0.4, 0.5) is 0 Å². The number of ether oxygens (including phenoxy) is 2. The maximum absolute atomic E-state index is 12.3. The number of amides is 4. The first-order valence-electron chi connectivity index (χ1n) is 13.1. The van der Waals surface area contributed by atoms with Crippen LogP contribution in [0.15, 0.2) is 0 Å². The summed E-state index contributed by atoms with van der Waals surface area (Å²) in [6.07, 6.45) is 2.05. The Hall–Kier alpha value is -2.04. The topological polar surface area (TPSA) is 126 Å². The van der Waals surface area contributed by atoms with Crippen LogP contribution in [0.5, 0.6) is 0 Å². The van der Waals surface area contributed by atoms with Gasteiger partial charge in [-0.25, -0.2) is 0 Å². The molecule has 0 aromatic heterocycles. The smallest absolute Gasteiger partial charge is 0.233 e. The first kappa shape index (κ1) is 32.0. The van der Waals surface area contributed by atoms with Crippen LogP contribution >= 0.6 is 0 Å². The predicted molar refractivity (Wildman–Crippen MR) is 138 cm³/mol. The molecule has 1 saturated heterocycles.